The van der Waals surface area contributed by atoms with Gasteiger partial charge in [-0.2, -0.15) is 0 Å². The van der Waals surface area contributed by atoms with Crippen molar-refractivity contribution in [1.82, 2.24) is 4.90 Å². The summed E-state index contributed by atoms with van der Waals surface area (Å²) in [5.41, 5.74) is 4.68. The molecule has 1 atom stereocenters. The fraction of sp³-hybridized carbons (Fsp3) is 0.406. The molecule has 40 heavy (non-hydrogen) atoms. The van der Waals surface area contributed by atoms with Crippen LogP contribution in [0.2, 0.25) is 0 Å². The number of carboxylic acid groups (broad SMARTS) is 1. The average Bonchev–Trinajstić information content (AvgIpc) is 2.98. The van der Waals surface area contributed by atoms with Gasteiger partial charge in [0.25, 0.3) is 0 Å². The first kappa shape index (κ1) is 29.1. The molecule has 1 aliphatic heterocycles. The molecule has 1 N–H and O–H groups in total. The van der Waals surface area contributed by atoms with Crippen molar-refractivity contribution in [3.63, 3.8) is 0 Å². The van der Waals surface area contributed by atoms with E-state index in [2.05, 4.69) is 29.2 Å². The zero-order chi connectivity index (χ0) is 28.5. The Labute approximate surface area is 236 Å². The van der Waals surface area contributed by atoms with Crippen molar-refractivity contribution >= 4 is 5.97 Å². The van der Waals surface area contributed by atoms with Gasteiger partial charge in [-0.1, -0.05) is 18.2 Å². The lowest BCUT2D eigenvalue weighted by molar-refractivity contribution is -0.136. The van der Waals surface area contributed by atoms with Gasteiger partial charge in [0.05, 0.1) is 35.0 Å². The standard InChI is InChI=1S/C32H39NO7/c1-36-28-12-8-23(19-29(28)37-2)18-27-26-21-31(39-4)30(38-3)20-24(26)14-16-33(27)15-5-17-40-25-10-6-22(7-11-25)9-13-32(34)35/h6-8,10-12,19-21,27H,5,9,13-18H2,1-4H3,(H,34,35). The third-order valence-electron chi connectivity index (χ3n) is 7.40. The fourth-order valence-electron chi connectivity index (χ4n) is 5.28. The number of carbonyl (C=O) groups is 1. The van der Waals surface area contributed by atoms with E-state index in [1.54, 1.807) is 28.4 Å². The number of hydrogen-bond acceptors (Lipinski definition) is 7. The van der Waals surface area contributed by atoms with Crippen LogP contribution in [0.1, 0.15) is 41.1 Å². The highest BCUT2D eigenvalue weighted by atomic mass is 16.5. The van der Waals surface area contributed by atoms with Crippen LogP contribution in [-0.2, 0) is 24.1 Å². The first-order valence-electron chi connectivity index (χ1n) is 13.6. The second-order valence-electron chi connectivity index (χ2n) is 9.84. The van der Waals surface area contributed by atoms with Gasteiger partial charge in [-0.3, -0.25) is 9.69 Å². The average molecular weight is 550 g/mol. The van der Waals surface area contributed by atoms with E-state index in [1.807, 2.05) is 30.3 Å². The van der Waals surface area contributed by atoms with E-state index in [0.717, 1.165) is 66.5 Å². The molecule has 8 nitrogen and oxygen atoms in total. The molecular weight excluding hydrogens is 510 g/mol. The molecule has 3 aromatic carbocycles. The van der Waals surface area contributed by atoms with E-state index in [-0.39, 0.29) is 12.5 Å². The molecule has 0 amide bonds. The van der Waals surface area contributed by atoms with Gasteiger partial charge in [-0.25, -0.2) is 0 Å². The molecule has 0 radical (unpaired) electrons. The summed E-state index contributed by atoms with van der Waals surface area (Å²) in [5.74, 6) is 2.92. The van der Waals surface area contributed by atoms with Crippen molar-refractivity contribution in [3.05, 3.63) is 76.9 Å². The third kappa shape index (κ3) is 7.18. The molecule has 0 aliphatic carbocycles. The zero-order valence-electron chi connectivity index (χ0n) is 23.8. The first-order chi connectivity index (χ1) is 19.4. The highest BCUT2D eigenvalue weighted by Crippen LogP contribution is 2.40. The summed E-state index contributed by atoms with van der Waals surface area (Å²) in [4.78, 5) is 13.3. The number of nitrogens with zero attached hydrogens (tertiary/aromatic N) is 1. The molecule has 3 aromatic rings. The van der Waals surface area contributed by atoms with E-state index in [4.69, 9.17) is 28.8 Å². The van der Waals surface area contributed by atoms with Gasteiger partial charge >= 0.3 is 5.97 Å². The van der Waals surface area contributed by atoms with E-state index in [9.17, 15) is 4.79 Å². The number of fused-ring (bicyclic) bond motifs is 1. The summed E-state index contributed by atoms with van der Waals surface area (Å²) >= 11 is 0. The minimum Gasteiger partial charge on any atom is -0.494 e. The highest BCUT2D eigenvalue weighted by molar-refractivity contribution is 5.67. The molecule has 0 saturated carbocycles. The summed E-state index contributed by atoms with van der Waals surface area (Å²) in [6.45, 7) is 2.40. The van der Waals surface area contributed by atoms with E-state index in [1.165, 1.54) is 11.1 Å². The second kappa shape index (κ2) is 13.9. The van der Waals surface area contributed by atoms with Crippen LogP contribution in [0.4, 0.5) is 0 Å². The molecule has 0 spiro atoms. The van der Waals surface area contributed by atoms with Crippen molar-refractivity contribution in [2.45, 2.75) is 38.1 Å². The van der Waals surface area contributed by atoms with Crippen LogP contribution in [0.5, 0.6) is 28.7 Å². The van der Waals surface area contributed by atoms with Gasteiger partial charge in [0.2, 0.25) is 0 Å². The number of aryl methyl sites for hydroxylation is 1. The molecule has 0 fully saturated rings. The number of aliphatic carboxylic acids is 1. The lowest BCUT2D eigenvalue weighted by Crippen LogP contribution is -2.37. The second-order valence-corrected chi connectivity index (χ2v) is 9.84. The number of ether oxygens (including phenoxy) is 5. The Hall–Kier alpha value is -3.91. The Morgan fingerprint density at radius 3 is 2.17 bits per heavy atom. The molecule has 0 saturated heterocycles. The highest BCUT2D eigenvalue weighted by Gasteiger charge is 2.29. The number of rotatable bonds is 14. The maximum absolute atomic E-state index is 10.8. The zero-order valence-corrected chi connectivity index (χ0v) is 23.8. The SMILES string of the molecule is COc1ccc(CC2c3cc(OC)c(OC)cc3CCN2CCCOc2ccc(CCC(=O)O)cc2)cc1OC. The van der Waals surface area contributed by atoms with Crippen LogP contribution in [-0.4, -0.2) is 64.1 Å². The number of hydrogen-bond donors (Lipinski definition) is 1. The van der Waals surface area contributed by atoms with Crippen LogP contribution in [0.3, 0.4) is 0 Å². The van der Waals surface area contributed by atoms with Gasteiger partial charge in [-0.15, -0.1) is 0 Å². The number of benzene rings is 3. The smallest absolute Gasteiger partial charge is 0.303 e. The van der Waals surface area contributed by atoms with E-state index in [0.29, 0.717) is 18.8 Å². The summed E-state index contributed by atoms with van der Waals surface area (Å²) < 4.78 is 28.3. The van der Waals surface area contributed by atoms with Gasteiger partial charge in [0.1, 0.15) is 5.75 Å². The maximum atomic E-state index is 10.8. The minimum atomic E-state index is -0.789. The molecule has 8 heteroatoms. The Morgan fingerprint density at radius 2 is 1.50 bits per heavy atom. The van der Waals surface area contributed by atoms with Crippen LogP contribution < -0.4 is 23.7 Å². The van der Waals surface area contributed by atoms with Gasteiger partial charge in [0, 0.05) is 25.6 Å². The minimum absolute atomic E-state index is 0.127. The molecule has 0 bridgehead atoms. The summed E-state index contributed by atoms with van der Waals surface area (Å²) in [5, 5.41) is 8.88. The van der Waals surface area contributed by atoms with Gasteiger partial charge in [-0.05, 0) is 84.3 Å². The lowest BCUT2D eigenvalue weighted by atomic mass is 9.88. The van der Waals surface area contributed by atoms with Crippen molar-refractivity contribution in [2.75, 3.05) is 48.1 Å². The van der Waals surface area contributed by atoms with Gasteiger partial charge < -0.3 is 28.8 Å². The van der Waals surface area contributed by atoms with Crippen molar-refractivity contribution in [1.29, 1.82) is 0 Å². The third-order valence-corrected chi connectivity index (χ3v) is 7.40. The molecule has 1 aliphatic rings. The Kier molecular flexibility index (Phi) is 10.1. The molecule has 214 valence electrons. The normalized spacial score (nSPS) is 14.8. The first-order valence-corrected chi connectivity index (χ1v) is 13.6. The fourth-order valence-corrected chi connectivity index (χ4v) is 5.28. The largest absolute Gasteiger partial charge is 0.494 e. The summed E-state index contributed by atoms with van der Waals surface area (Å²) in [7, 11) is 6.64. The van der Waals surface area contributed by atoms with E-state index < -0.39 is 5.97 Å². The summed E-state index contributed by atoms with van der Waals surface area (Å²) in [6.07, 6.45) is 3.25. The molecule has 1 heterocycles. The van der Waals surface area contributed by atoms with Crippen LogP contribution in [0, 0.1) is 0 Å². The maximum Gasteiger partial charge on any atom is 0.303 e. The Morgan fingerprint density at radius 1 is 0.850 bits per heavy atom. The van der Waals surface area contributed by atoms with Crippen molar-refractivity contribution in [2.24, 2.45) is 0 Å². The molecule has 1 unspecified atom stereocenters. The van der Waals surface area contributed by atoms with E-state index >= 15 is 0 Å². The van der Waals surface area contributed by atoms with Crippen LogP contribution in [0.25, 0.3) is 0 Å². The van der Waals surface area contributed by atoms with Crippen LogP contribution in [0.15, 0.2) is 54.6 Å². The van der Waals surface area contributed by atoms with Gasteiger partial charge in [0.15, 0.2) is 23.0 Å². The number of methoxy groups -OCH3 is 4. The summed E-state index contributed by atoms with van der Waals surface area (Å²) in [6, 6.07) is 18.2. The predicted octanol–water partition coefficient (Wildman–Crippen LogP) is 5.35. The Bertz CT molecular complexity index is 1280. The molecular formula is C32H39NO7. The lowest BCUT2D eigenvalue weighted by Gasteiger charge is -2.38. The monoisotopic (exact) mass is 549 g/mol. The molecule has 4 rings (SSSR count). The topological polar surface area (TPSA) is 86.7 Å². The van der Waals surface area contributed by atoms with Crippen molar-refractivity contribution < 1.29 is 33.6 Å². The predicted molar refractivity (Wildman–Crippen MR) is 153 cm³/mol. The quantitative estimate of drug-likeness (QED) is 0.270. The number of carboxylic acids is 1. The van der Waals surface area contributed by atoms with Crippen molar-refractivity contribution in [3.8, 4) is 28.7 Å². The van der Waals surface area contributed by atoms with Crippen LogP contribution >= 0.6 is 0 Å². The molecule has 0 aromatic heterocycles. The Balaban J connectivity index is 1.47.